The van der Waals surface area contributed by atoms with Gasteiger partial charge in [-0.05, 0) is 30.3 Å². The lowest BCUT2D eigenvalue weighted by atomic mass is 10.3. The van der Waals surface area contributed by atoms with Gasteiger partial charge in [0.15, 0.2) is 5.82 Å². The summed E-state index contributed by atoms with van der Waals surface area (Å²) in [5, 5.41) is 15.1. The van der Waals surface area contributed by atoms with E-state index in [0.717, 1.165) is 0 Å². The zero-order valence-corrected chi connectivity index (χ0v) is 12.8. The summed E-state index contributed by atoms with van der Waals surface area (Å²) in [6.45, 7) is 0.161. The van der Waals surface area contributed by atoms with E-state index >= 15 is 0 Å². The molecule has 0 radical (unpaired) electrons. The summed E-state index contributed by atoms with van der Waals surface area (Å²) in [7, 11) is 0. The number of aromatic hydroxyl groups is 1. The van der Waals surface area contributed by atoms with Crippen molar-refractivity contribution >= 4 is 23.2 Å². The smallest absolute Gasteiger partial charge is 0.215 e. The quantitative estimate of drug-likeness (QED) is 0.786. The molecule has 3 rings (SSSR count). The molecule has 1 aromatic carbocycles. The van der Waals surface area contributed by atoms with Gasteiger partial charge in [0.2, 0.25) is 5.88 Å². The number of rotatable bonds is 4. The lowest BCUT2D eigenvalue weighted by Crippen LogP contribution is -2.01. The Hall–Kier alpha value is -2.24. The number of pyridine rings is 1. The summed E-state index contributed by atoms with van der Waals surface area (Å²) in [6.07, 6.45) is 1.63. The molecule has 5 nitrogen and oxygen atoms in total. The Bertz CT molecular complexity index is 791. The molecule has 1 N–H and O–H groups in total. The van der Waals surface area contributed by atoms with Crippen LogP contribution < -0.4 is 4.74 Å². The molecule has 0 aliphatic rings. The number of nitrogens with zero attached hydrogens (tertiary/aromatic N) is 3. The largest absolute Gasteiger partial charge is 0.493 e. The molecule has 112 valence electrons. The first-order valence-corrected chi connectivity index (χ1v) is 7.16. The molecule has 0 aliphatic heterocycles. The maximum Gasteiger partial charge on any atom is 0.215 e. The van der Waals surface area contributed by atoms with E-state index in [9.17, 15) is 5.11 Å². The second-order valence-corrected chi connectivity index (χ2v) is 5.30. The predicted octanol–water partition coefficient (Wildman–Crippen LogP) is 3.86. The van der Waals surface area contributed by atoms with Gasteiger partial charge in [-0.15, -0.1) is 0 Å². The van der Waals surface area contributed by atoms with Crippen molar-refractivity contribution < 1.29 is 9.84 Å². The van der Waals surface area contributed by atoms with E-state index in [1.165, 1.54) is 10.7 Å². The summed E-state index contributed by atoms with van der Waals surface area (Å²) in [5.41, 5.74) is 0.550. The Morgan fingerprint density at radius 1 is 1.14 bits per heavy atom. The minimum absolute atomic E-state index is 0.0143. The number of hydrogen-bond donors (Lipinski definition) is 1. The van der Waals surface area contributed by atoms with Crippen molar-refractivity contribution in [2.75, 3.05) is 0 Å². The standard InChI is InChI=1S/C15H11Cl2N3O2/c16-10-4-5-13(12(17)7-10)22-9-11-8-15(21)20(19-11)14-3-1-2-6-18-14/h1-8,21H,9H2. The monoisotopic (exact) mass is 335 g/mol. The first-order chi connectivity index (χ1) is 10.6. The van der Waals surface area contributed by atoms with Crippen molar-refractivity contribution in [3.63, 3.8) is 0 Å². The Labute approximate surface area is 136 Å². The third-order valence-electron chi connectivity index (χ3n) is 2.88. The van der Waals surface area contributed by atoms with Crippen molar-refractivity contribution in [2.45, 2.75) is 6.61 Å². The zero-order valence-electron chi connectivity index (χ0n) is 11.3. The van der Waals surface area contributed by atoms with Gasteiger partial charge >= 0.3 is 0 Å². The van der Waals surface area contributed by atoms with Gasteiger partial charge in [-0.2, -0.15) is 9.78 Å². The molecule has 7 heteroatoms. The average Bonchev–Trinajstić information content (AvgIpc) is 2.88. The van der Waals surface area contributed by atoms with E-state index in [1.54, 1.807) is 36.5 Å². The van der Waals surface area contributed by atoms with E-state index in [1.807, 2.05) is 6.07 Å². The van der Waals surface area contributed by atoms with E-state index in [0.29, 0.717) is 27.3 Å². The second-order valence-electron chi connectivity index (χ2n) is 4.46. The fourth-order valence-corrected chi connectivity index (χ4v) is 2.34. The molecular formula is C15H11Cl2N3O2. The predicted molar refractivity (Wildman–Crippen MR) is 83.8 cm³/mol. The number of benzene rings is 1. The van der Waals surface area contributed by atoms with Crippen LogP contribution in [0, 0.1) is 0 Å². The van der Waals surface area contributed by atoms with Crippen LogP contribution in [-0.2, 0) is 6.61 Å². The van der Waals surface area contributed by atoms with Crippen molar-refractivity contribution in [1.82, 2.24) is 14.8 Å². The second kappa shape index (κ2) is 6.25. The highest BCUT2D eigenvalue weighted by Crippen LogP contribution is 2.28. The minimum Gasteiger partial charge on any atom is -0.493 e. The highest BCUT2D eigenvalue weighted by Gasteiger charge is 2.10. The molecule has 0 amide bonds. The topological polar surface area (TPSA) is 60.2 Å². The van der Waals surface area contributed by atoms with Gasteiger partial charge in [-0.1, -0.05) is 29.3 Å². The third-order valence-corrected chi connectivity index (χ3v) is 3.41. The van der Waals surface area contributed by atoms with E-state index in [2.05, 4.69) is 10.1 Å². The van der Waals surface area contributed by atoms with Crippen LogP contribution in [0.4, 0.5) is 0 Å². The first-order valence-electron chi connectivity index (χ1n) is 6.40. The van der Waals surface area contributed by atoms with Crippen LogP contribution >= 0.6 is 23.2 Å². The van der Waals surface area contributed by atoms with Crippen LogP contribution in [0.2, 0.25) is 10.0 Å². The number of hydrogen-bond acceptors (Lipinski definition) is 4. The maximum absolute atomic E-state index is 9.93. The van der Waals surface area contributed by atoms with E-state index < -0.39 is 0 Å². The molecule has 2 aromatic heterocycles. The van der Waals surface area contributed by atoms with Gasteiger partial charge in [0.05, 0.1) is 5.02 Å². The lowest BCUT2D eigenvalue weighted by molar-refractivity contribution is 0.300. The van der Waals surface area contributed by atoms with Crippen LogP contribution in [-0.4, -0.2) is 19.9 Å². The lowest BCUT2D eigenvalue weighted by Gasteiger charge is -2.06. The highest BCUT2D eigenvalue weighted by atomic mass is 35.5. The highest BCUT2D eigenvalue weighted by molar-refractivity contribution is 6.35. The molecule has 0 fully saturated rings. The molecular weight excluding hydrogens is 325 g/mol. The van der Waals surface area contributed by atoms with E-state index in [4.69, 9.17) is 27.9 Å². The Morgan fingerprint density at radius 3 is 2.73 bits per heavy atom. The Kier molecular flexibility index (Phi) is 4.18. The van der Waals surface area contributed by atoms with Gasteiger partial charge in [0.25, 0.3) is 0 Å². The zero-order chi connectivity index (χ0) is 15.5. The van der Waals surface area contributed by atoms with Crippen LogP contribution in [0.1, 0.15) is 5.69 Å². The summed E-state index contributed by atoms with van der Waals surface area (Å²) in [6, 6.07) is 11.8. The van der Waals surface area contributed by atoms with Gasteiger partial charge in [-0.25, -0.2) is 4.98 Å². The van der Waals surface area contributed by atoms with E-state index in [-0.39, 0.29) is 12.5 Å². The van der Waals surface area contributed by atoms with Crippen molar-refractivity contribution in [1.29, 1.82) is 0 Å². The van der Waals surface area contributed by atoms with Crippen LogP contribution in [0.25, 0.3) is 5.82 Å². The molecule has 0 unspecified atom stereocenters. The molecule has 0 saturated heterocycles. The number of ether oxygens (including phenoxy) is 1. The average molecular weight is 336 g/mol. The fraction of sp³-hybridized carbons (Fsp3) is 0.0667. The Morgan fingerprint density at radius 2 is 2.00 bits per heavy atom. The number of halogens is 2. The van der Waals surface area contributed by atoms with Gasteiger partial charge < -0.3 is 9.84 Å². The molecule has 2 heterocycles. The van der Waals surface area contributed by atoms with Crippen molar-refractivity contribution in [2.24, 2.45) is 0 Å². The molecule has 22 heavy (non-hydrogen) atoms. The molecule has 0 bridgehead atoms. The fourth-order valence-electron chi connectivity index (χ4n) is 1.88. The van der Waals surface area contributed by atoms with Gasteiger partial charge in [0.1, 0.15) is 18.1 Å². The van der Waals surface area contributed by atoms with Gasteiger partial charge in [0, 0.05) is 17.3 Å². The molecule has 0 atom stereocenters. The van der Waals surface area contributed by atoms with Crippen LogP contribution in [0.5, 0.6) is 11.6 Å². The van der Waals surface area contributed by atoms with Crippen LogP contribution in [0.3, 0.4) is 0 Å². The summed E-state index contributed by atoms with van der Waals surface area (Å²) in [5.74, 6) is 1.01. The van der Waals surface area contributed by atoms with Crippen LogP contribution in [0.15, 0.2) is 48.7 Å². The molecule has 0 spiro atoms. The minimum atomic E-state index is -0.0143. The summed E-state index contributed by atoms with van der Waals surface area (Å²) in [4.78, 5) is 4.13. The molecule has 0 saturated carbocycles. The van der Waals surface area contributed by atoms with Crippen molar-refractivity contribution in [3.8, 4) is 17.4 Å². The first kappa shape index (κ1) is 14.7. The summed E-state index contributed by atoms with van der Waals surface area (Å²) < 4.78 is 6.92. The molecule has 3 aromatic rings. The maximum atomic E-state index is 9.93. The molecule has 0 aliphatic carbocycles. The third kappa shape index (κ3) is 3.16. The summed E-state index contributed by atoms with van der Waals surface area (Å²) >= 11 is 11.9. The van der Waals surface area contributed by atoms with Crippen molar-refractivity contribution in [3.05, 3.63) is 64.4 Å². The Balaban J connectivity index is 1.77. The SMILES string of the molecule is Oc1cc(COc2ccc(Cl)cc2Cl)nn1-c1ccccn1. The number of aromatic nitrogens is 3. The normalized spacial score (nSPS) is 10.6. The van der Waals surface area contributed by atoms with Gasteiger partial charge in [-0.3, -0.25) is 0 Å².